The number of rotatable bonds is 3. The minimum absolute atomic E-state index is 0.136. The van der Waals surface area contributed by atoms with Gasteiger partial charge in [-0.15, -0.1) is 0 Å². The number of aromatic nitrogens is 7. The summed E-state index contributed by atoms with van der Waals surface area (Å²) in [6.07, 6.45) is 6.63. The molecule has 36 heavy (non-hydrogen) atoms. The lowest BCUT2D eigenvalue weighted by Gasteiger charge is -2.32. The number of anilines is 1. The number of fused-ring (bicyclic) bond motifs is 2. The number of urea groups is 1. The number of hydrogen-bond donors (Lipinski definition) is 3. The van der Waals surface area contributed by atoms with Crippen molar-refractivity contribution in [3.63, 3.8) is 0 Å². The topological polar surface area (TPSA) is 155 Å². The lowest BCUT2D eigenvalue weighted by Crippen LogP contribution is -2.48. The summed E-state index contributed by atoms with van der Waals surface area (Å²) in [6.45, 7) is 3.08. The lowest BCUT2D eigenvalue weighted by atomic mass is 10.1. The average Bonchev–Trinajstić information content (AvgIpc) is 3.52. The summed E-state index contributed by atoms with van der Waals surface area (Å²) in [5, 5.41) is 20.4. The molecule has 2 amide bonds. The molecule has 1 fully saturated rings. The number of aromatic amines is 2. The predicted molar refractivity (Wildman–Crippen MR) is 133 cm³/mol. The Morgan fingerprint density at radius 3 is 2.75 bits per heavy atom. The first-order chi connectivity index (χ1) is 17.6. The van der Waals surface area contributed by atoms with E-state index < -0.39 is 0 Å². The molecule has 1 aliphatic heterocycles. The predicted octanol–water partition coefficient (Wildman–Crippen LogP) is 2.61. The monoisotopic (exact) mass is 479 g/mol. The zero-order valence-corrected chi connectivity index (χ0v) is 19.4. The number of imidazole rings is 1. The van der Waals surface area contributed by atoms with E-state index in [-0.39, 0.29) is 6.03 Å². The second-order valence-electron chi connectivity index (χ2n) is 8.63. The number of amides is 2. The molecule has 0 aromatic carbocycles. The van der Waals surface area contributed by atoms with E-state index in [0.717, 1.165) is 29.6 Å². The van der Waals surface area contributed by atoms with Gasteiger partial charge in [-0.3, -0.25) is 10.1 Å². The lowest BCUT2D eigenvalue weighted by molar-refractivity contribution is 0.164. The van der Waals surface area contributed by atoms with E-state index in [1.54, 1.807) is 35.8 Å². The standard InChI is InChI=1S/C24H21N11O/c1-34-4-6-35(7-5-34)24(36)29-17-8-15(11-26-13-17)16-9-18-20(32-33-21(18)28-12-16)23-30-19-14(10-25)2-3-27-22(19)31-23/h2-3,8-9,11-13H,4-7H2,1H3,(H,29,36)(H,27,30,31)(H,28,32,33). The Morgan fingerprint density at radius 2 is 1.92 bits per heavy atom. The summed E-state index contributed by atoms with van der Waals surface area (Å²) >= 11 is 0. The summed E-state index contributed by atoms with van der Waals surface area (Å²) in [5.41, 5.74) is 4.80. The second-order valence-corrected chi connectivity index (χ2v) is 8.63. The first-order valence-corrected chi connectivity index (χ1v) is 11.4. The highest BCUT2D eigenvalue weighted by atomic mass is 16.2. The maximum atomic E-state index is 12.7. The maximum absolute atomic E-state index is 12.7. The van der Waals surface area contributed by atoms with Crippen LogP contribution in [0, 0.1) is 11.3 Å². The van der Waals surface area contributed by atoms with E-state index in [2.05, 4.69) is 51.4 Å². The van der Waals surface area contributed by atoms with Crippen molar-refractivity contribution in [1.82, 2.24) is 44.9 Å². The third kappa shape index (κ3) is 3.87. The quantitative estimate of drug-likeness (QED) is 0.357. The number of carbonyl (C=O) groups is 1. The van der Waals surface area contributed by atoms with Crippen molar-refractivity contribution < 1.29 is 4.79 Å². The average molecular weight is 480 g/mol. The minimum atomic E-state index is -0.136. The fourth-order valence-electron chi connectivity index (χ4n) is 4.23. The van der Waals surface area contributed by atoms with Gasteiger partial charge in [0, 0.05) is 55.9 Å². The van der Waals surface area contributed by atoms with Crippen LogP contribution in [0.25, 0.3) is 44.8 Å². The Bertz CT molecular complexity index is 1640. The Hall–Kier alpha value is -4.89. The van der Waals surface area contributed by atoms with Crippen molar-refractivity contribution in [2.24, 2.45) is 0 Å². The SMILES string of the molecule is CN1CCN(C(=O)Nc2cncc(-c3cnc4[nH]nc(-c5nc6c(C#N)ccnc6[nH]5)c4c3)c2)CC1. The number of nitrogens with zero attached hydrogens (tertiary/aromatic N) is 8. The summed E-state index contributed by atoms with van der Waals surface area (Å²) in [6, 6.07) is 7.43. The van der Waals surface area contributed by atoms with Gasteiger partial charge in [0.2, 0.25) is 0 Å². The van der Waals surface area contributed by atoms with Crippen LogP contribution in [0.2, 0.25) is 0 Å². The molecule has 1 saturated heterocycles. The summed E-state index contributed by atoms with van der Waals surface area (Å²) in [4.78, 5) is 37.5. The molecular weight excluding hydrogens is 458 g/mol. The van der Waals surface area contributed by atoms with E-state index in [1.165, 1.54) is 0 Å². The second kappa shape index (κ2) is 8.71. The first kappa shape index (κ1) is 21.6. The third-order valence-electron chi connectivity index (χ3n) is 6.26. The van der Waals surface area contributed by atoms with Crippen LogP contribution in [0.15, 0.2) is 43.0 Å². The number of nitriles is 1. The maximum Gasteiger partial charge on any atom is 0.321 e. The van der Waals surface area contributed by atoms with Crippen molar-refractivity contribution in [2.75, 3.05) is 38.5 Å². The van der Waals surface area contributed by atoms with Crippen LogP contribution >= 0.6 is 0 Å². The zero-order chi connectivity index (χ0) is 24.6. The molecule has 0 aliphatic carbocycles. The van der Waals surface area contributed by atoms with Crippen molar-refractivity contribution in [3.05, 3.63) is 48.5 Å². The van der Waals surface area contributed by atoms with Gasteiger partial charge in [-0.1, -0.05) is 0 Å². The zero-order valence-electron chi connectivity index (χ0n) is 19.4. The van der Waals surface area contributed by atoms with Crippen LogP contribution in [0.1, 0.15) is 5.56 Å². The largest absolute Gasteiger partial charge is 0.322 e. The van der Waals surface area contributed by atoms with Crippen LogP contribution < -0.4 is 5.32 Å². The molecular formula is C24H21N11O. The van der Waals surface area contributed by atoms with Crippen LogP contribution in [-0.2, 0) is 0 Å². The summed E-state index contributed by atoms with van der Waals surface area (Å²) in [5.74, 6) is 0.483. The Labute approximate surface area is 205 Å². The normalized spacial score (nSPS) is 14.3. The molecule has 0 atom stereocenters. The van der Waals surface area contributed by atoms with Gasteiger partial charge < -0.3 is 20.1 Å². The number of piperazine rings is 1. The van der Waals surface area contributed by atoms with Crippen molar-refractivity contribution >= 4 is 33.9 Å². The van der Waals surface area contributed by atoms with Gasteiger partial charge in [-0.2, -0.15) is 10.4 Å². The first-order valence-electron chi connectivity index (χ1n) is 11.4. The van der Waals surface area contributed by atoms with Crippen molar-refractivity contribution in [3.8, 4) is 28.7 Å². The van der Waals surface area contributed by atoms with Gasteiger partial charge in [0.05, 0.1) is 22.8 Å². The fraction of sp³-hybridized carbons (Fsp3) is 0.208. The van der Waals surface area contributed by atoms with Crippen molar-refractivity contribution in [1.29, 1.82) is 5.26 Å². The van der Waals surface area contributed by atoms with Crippen LogP contribution in [0.5, 0.6) is 0 Å². The van der Waals surface area contributed by atoms with Gasteiger partial charge in [0.25, 0.3) is 0 Å². The summed E-state index contributed by atoms with van der Waals surface area (Å²) in [7, 11) is 2.05. The number of carbonyl (C=O) groups excluding carboxylic acids is 1. The van der Waals surface area contributed by atoms with E-state index in [0.29, 0.717) is 52.7 Å². The van der Waals surface area contributed by atoms with Gasteiger partial charge in [0.1, 0.15) is 17.3 Å². The van der Waals surface area contributed by atoms with Crippen LogP contribution in [0.3, 0.4) is 0 Å². The number of H-pyrrole nitrogens is 2. The number of likely N-dealkylation sites (N-methyl/N-ethyl adjacent to an activating group) is 1. The molecule has 0 spiro atoms. The Kier molecular flexibility index (Phi) is 5.24. The molecule has 0 unspecified atom stereocenters. The molecule has 6 rings (SSSR count). The van der Waals surface area contributed by atoms with Gasteiger partial charge in [0.15, 0.2) is 17.1 Å². The Balaban J connectivity index is 1.31. The molecule has 178 valence electrons. The molecule has 1 aliphatic rings. The highest BCUT2D eigenvalue weighted by Crippen LogP contribution is 2.30. The Morgan fingerprint density at radius 1 is 1.08 bits per heavy atom. The minimum Gasteiger partial charge on any atom is -0.322 e. The molecule has 5 aromatic rings. The fourth-order valence-corrected chi connectivity index (χ4v) is 4.23. The number of hydrogen-bond acceptors (Lipinski definition) is 8. The van der Waals surface area contributed by atoms with E-state index in [9.17, 15) is 10.1 Å². The van der Waals surface area contributed by atoms with Crippen LogP contribution in [0.4, 0.5) is 10.5 Å². The smallest absolute Gasteiger partial charge is 0.321 e. The van der Waals surface area contributed by atoms with E-state index in [4.69, 9.17) is 0 Å². The van der Waals surface area contributed by atoms with E-state index in [1.807, 2.05) is 19.2 Å². The molecule has 0 saturated carbocycles. The van der Waals surface area contributed by atoms with Gasteiger partial charge in [-0.05, 0) is 25.2 Å². The summed E-state index contributed by atoms with van der Waals surface area (Å²) < 4.78 is 0. The van der Waals surface area contributed by atoms with E-state index >= 15 is 0 Å². The van der Waals surface area contributed by atoms with Gasteiger partial charge in [-0.25, -0.2) is 19.7 Å². The molecule has 0 radical (unpaired) electrons. The molecule has 6 heterocycles. The van der Waals surface area contributed by atoms with Crippen molar-refractivity contribution in [2.45, 2.75) is 0 Å². The highest BCUT2D eigenvalue weighted by molar-refractivity contribution is 5.94. The molecule has 12 nitrogen and oxygen atoms in total. The highest BCUT2D eigenvalue weighted by Gasteiger charge is 2.20. The van der Waals surface area contributed by atoms with Crippen LogP contribution in [-0.4, -0.2) is 84.2 Å². The number of pyridine rings is 3. The molecule has 12 heteroatoms. The molecule has 0 bridgehead atoms. The number of nitrogens with one attached hydrogen (secondary N) is 3. The molecule has 5 aromatic heterocycles. The van der Waals surface area contributed by atoms with Gasteiger partial charge >= 0.3 is 6.03 Å². The third-order valence-corrected chi connectivity index (χ3v) is 6.26. The molecule has 3 N–H and O–H groups in total.